The molecule has 18 heavy (non-hydrogen) atoms. The number of rotatable bonds is 2. The number of benzene rings is 1. The van der Waals surface area contributed by atoms with Crippen LogP contribution in [0.25, 0.3) is 0 Å². The molecule has 1 heterocycles. The third kappa shape index (κ3) is 2.55. The van der Waals surface area contributed by atoms with E-state index in [1.165, 1.54) is 13.0 Å². The molecule has 1 amide bonds. The van der Waals surface area contributed by atoms with Crippen LogP contribution in [0.15, 0.2) is 12.1 Å². The third-order valence-corrected chi connectivity index (χ3v) is 4.19. The highest BCUT2D eigenvalue weighted by molar-refractivity contribution is 9.09. The largest absolute Gasteiger partial charge is 0.338 e. The number of nitrogens with zero attached hydrogens (tertiary/aromatic N) is 1. The number of carbonyl (C=O) groups is 1. The van der Waals surface area contributed by atoms with Gasteiger partial charge in [-0.2, -0.15) is 0 Å². The van der Waals surface area contributed by atoms with Gasteiger partial charge in [0.25, 0.3) is 5.91 Å². The van der Waals surface area contributed by atoms with Crippen molar-refractivity contribution < 1.29 is 13.6 Å². The van der Waals surface area contributed by atoms with Crippen molar-refractivity contribution in [3.8, 4) is 0 Å². The number of halogens is 3. The van der Waals surface area contributed by atoms with Gasteiger partial charge in [0, 0.05) is 24.5 Å². The monoisotopic (exact) mass is 317 g/mol. The fourth-order valence-electron chi connectivity index (χ4n) is 2.13. The van der Waals surface area contributed by atoms with Gasteiger partial charge in [-0.3, -0.25) is 4.79 Å². The fraction of sp³-hybridized carbons (Fsp3) is 0.462. The van der Waals surface area contributed by atoms with E-state index in [4.69, 9.17) is 0 Å². The summed E-state index contributed by atoms with van der Waals surface area (Å²) >= 11 is 3.38. The highest BCUT2D eigenvalue weighted by Gasteiger charge is 2.28. The molecule has 0 radical (unpaired) electrons. The highest BCUT2D eigenvalue weighted by Crippen LogP contribution is 2.22. The number of alkyl halides is 1. The van der Waals surface area contributed by atoms with Crippen LogP contribution < -0.4 is 0 Å². The van der Waals surface area contributed by atoms with Crippen LogP contribution in [0.5, 0.6) is 0 Å². The quantitative estimate of drug-likeness (QED) is 0.767. The van der Waals surface area contributed by atoms with Crippen molar-refractivity contribution in [2.45, 2.75) is 13.3 Å². The van der Waals surface area contributed by atoms with Crippen LogP contribution in [0, 0.1) is 24.5 Å². The third-order valence-electron chi connectivity index (χ3n) is 3.27. The van der Waals surface area contributed by atoms with Gasteiger partial charge in [0.15, 0.2) is 0 Å². The van der Waals surface area contributed by atoms with E-state index in [1.54, 1.807) is 4.90 Å². The number of aryl methyl sites for hydroxylation is 1. The van der Waals surface area contributed by atoms with E-state index in [-0.39, 0.29) is 17.0 Å². The molecule has 1 aromatic carbocycles. The summed E-state index contributed by atoms with van der Waals surface area (Å²) in [5, 5.41) is 0.835. The van der Waals surface area contributed by atoms with E-state index in [2.05, 4.69) is 15.9 Å². The molecular weight excluding hydrogens is 304 g/mol. The Bertz CT molecular complexity index is 478. The first-order chi connectivity index (χ1) is 8.52. The number of likely N-dealkylation sites (tertiary alicyclic amines) is 1. The smallest absolute Gasteiger partial charge is 0.256 e. The van der Waals surface area contributed by atoms with Gasteiger partial charge in [-0.05, 0) is 30.9 Å². The molecule has 2 rings (SSSR count). The molecule has 1 saturated heterocycles. The van der Waals surface area contributed by atoms with Crippen molar-refractivity contribution in [3.05, 3.63) is 34.9 Å². The molecule has 0 aromatic heterocycles. The van der Waals surface area contributed by atoms with Crippen LogP contribution in [-0.2, 0) is 0 Å². The highest BCUT2D eigenvalue weighted by atomic mass is 79.9. The lowest BCUT2D eigenvalue weighted by molar-refractivity contribution is 0.0783. The maximum atomic E-state index is 13.6. The molecule has 1 aliphatic heterocycles. The van der Waals surface area contributed by atoms with Crippen molar-refractivity contribution in [1.82, 2.24) is 4.90 Å². The first-order valence-corrected chi connectivity index (χ1v) is 6.96. The van der Waals surface area contributed by atoms with Crippen LogP contribution in [0.2, 0.25) is 0 Å². The van der Waals surface area contributed by atoms with Gasteiger partial charge >= 0.3 is 0 Å². The normalized spacial score (nSPS) is 19.3. The molecule has 0 spiro atoms. The summed E-state index contributed by atoms with van der Waals surface area (Å²) < 4.78 is 26.8. The molecule has 1 atom stereocenters. The molecule has 1 aliphatic rings. The van der Waals surface area contributed by atoms with Gasteiger partial charge in [0.1, 0.15) is 11.6 Å². The Balaban J connectivity index is 2.22. The van der Waals surface area contributed by atoms with Crippen molar-refractivity contribution in [3.63, 3.8) is 0 Å². The molecule has 0 aliphatic carbocycles. The minimum atomic E-state index is -0.787. The number of hydrogen-bond donors (Lipinski definition) is 0. The Morgan fingerprint density at radius 3 is 2.78 bits per heavy atom. The Morgan fingerprint density at radius 2 is 2.17 bits per heavy atom. The minimum Gasteiger partial charge on any atom is -0.338 e. The average Bonchev–Trinajstić information content (AvgIpc) is 2.81. The van der Waals surface area contributed by atoms with E-state index < -0.39 is 11.6 Å². The standard InChI is InChI=1S/C13H14BrF2NO/c1-8-4-10(12(16)5-11(8)15)13(18)17-3-2-9(6-14)7-17/h4-5,9H,2-3,6-7H2,1H3. The second kappa shape index (κ2) is 5.34. The Kier molecular flexibility index (Phi) is 4.00. The van der Waals surface area contributed by atoms with Gasteiger partial charge in [0.2, 0.25) is 0 Å². The van der Waals surface area contributed by atoms with Crippen LogP contribution in [0.1, 0.15) is 22.3 Å². The molecule has 2 nitrogen and oxygen atoms in total. The van der Waals surface area contributed by atoms with E-state index in [0.29, 0.717) is 19.0 Å². The molecule has 0 N–H and O–H groups in total. The summed E-state index contributed by atoms with van der Waals surface area (Å²) in [5.74, 6) is -1.34. The van der Waals surface area contributed by atoms with Gasteiger partial charge in [-0.1, -0.05) is 15.9 Å². The summed E-state index contributed by atoms with van der Waals surface area (Å²) in [7, 11) is 0. The van der Waals surface area contributed by atoms with E-state index in [0.717, 1.165) is 17.8 Å². The lowest BCUT2D eigenvalue weighted by atomic mass is 10.1. The summed E-state index contributed by atoms with van der Waals surface area (Å²) in [5.41, 5.74) is 0.250. The van der Waals surface area contributed by atoms with Crippen LogP contribution in [0.4, 0.5) is 8.78 Å². The molecule has 1 aromatic rings. The molecule has 1 unspecified atom stereocenters. The summed E-state index contributed by atoms with van der Waals surface area (Å²) in [6.07, 6.45) is 0.915. The molecule has 0 saturated carbocycles. The number of hydrogen-bond acceptors (Lipinski definition) is 1. The maximum absolute atomic E-state index is 13.6. The molecule has 98 valence electrons. The lowest BCUT2D eigenvalue weighted by Crippen LogP contribution is -2.29. The molecule has 1 fully saturated rings. The average molecular weight is 318 g/mol. The maximum Gasteiger partial charge on any atom is 0.256 e. The fourth-order valence-corrected chi connectivity index (χ4v) is 2.66. The zero-order valence-corrected chi connectivity index (χ0v) is 11.6. The Morgan fingerprint density at radius 1 is 1.44 bits per heavy atom. The van der Waals surface area contributed by atoms with Crippen molar-refractivity contribution in [2.24, 2.45) is 5.92 Å². The zero-order chi connectivity index (χ0) is 13.3. The van der Waals surface area contributed by atoms with Crippen LogP contribution in [0.3, 0.4) is 0 Å². The van der Waals surface area contributed by atoms with E-state index >= 15 is 0 Å². The topological polar surface area (TPSA) is 20.3 Å². The second-order valence-electron chi connectivity index (χ2n) is 4.64. The Labute approximate surface area is 113 Å². The minimum absolute atomic E-state index is 0.0378. The van der Waals surface area contributed by atoms with Gasteiger partial charge < -0.3 is 4.90 Å². The molecular formula is C13H14BrF2NO. The van der Waals surface area contributed by atoms with E-state index in [9.17, 15) is 13.6 Å². The summed E-state index contributed by atoms with van der Waals surface area (Å²) in [6, 6.07) is 2.06. The SMILES string of the molecule is Cc1cc(C(=O)N2CCC(CBr)C2)c(F)cc1F. The molecule has 0 bridgehead atoms. The van der Waals surface area contributed by atoms with E-state index in [1.807, 2.05) is 0 Å². The lowest BCUT2D eigenvalue weighted by Gasteiger charge is -2.17. The van der Waals surface area contributed by atoms with Gasteiger partial charge in [0.05, 0.1) is 5.56 Å². The predicted octanol–water partition coefficient (Wildman–Crippen LogP) is 3.13. The van der Waals surface area contributed by atoms with Crippen molar-refractivity contribution in [2.75, 3.05) is 18.4 Å². The van der Waals surface area contributed by atoms with Crippen molar-refractivity contribution in [1.29, 1.82) is 0 Å². The predicted molar refractivity (Wildman–Crippen MR) is 68.9 cm³/mol. The molecule has 5 heteroatoms. The van der Waals surface area contributed by atoms with Gasteiger partial charge in [-0.25, -0.2) is 8.78 Å². The first kappa shape index (κ1) is 13.5. The first-order valence-electron chi connectivity index (χ1n) is 5.83. The van der Waals surface area contributed by atoms with Crippen LogP contribution in [-0.4, -0.2) is 29.2 Å². The summed E-state index contributed by atoms with van der Waals surface area (Å²) in [6.45, 7) is 2.78. The van der Waals surface area contributed by atoms with Crippen LogP contribution >= 0.6 is 15.9 Å². The van der Waals surface area contributed by atoms with Gasteiger partial charge in [-0.15, -0.1) is 0 Å². The number of carbonyl (C=O) groups excluding carboxylic acids is 1. The Hall–Kier alpha value is -0.970. The zero-order valence-electron chi connectivity index (χ0n) is 10.0. The van der Waals surface area contributed by atoms with Crippen molar-refractivity contribution >= 4 is 21.8 Å². The second-order valence-corrected chi connectivity index (χ2v) is 5.29. The summed E-state index contributed by atoms with van der Waals surface area (Å²) in [4.78, 5) is 13.8. The number of amides is 1.